The van der Waals surface area contributed by atoms with Gasteiger partial charge in [0.05, 0.1) is 7.11 Å². The van der Waals surface area contributed by atoms with Crippen LogP contribution in [0.3, 0.4) is 0 Å². The topological polar surface area (TPSA) is 87.7 Å². The van der Waals surface area contributed by atoms with Crippen LogP contribution in [0.2, 0.25) is 5.02 Å². The average Bonchev–Trinajstić information content (AvgIpc) is 2.73. The van der Waals surface area contributed by atoms with Crippen molar-refractivity contribution in [1.29, 1.82) is 0 Å². The molecule has 1 aliphatic rings. The fourth-order valence-electron chi connectivity index (χ4n) is 3.39. The van der Waals surface area contributed by atoms with Crippen LogP contribution in [0.15, 0.2) is 36.4 Å². The summed E-state index contributed by atoms with van der Waals surface area (Å²) in [7, 11) is 0.516. The van der Waals surface area contributed by atoms with Gasteiger partial charge in [-0.05, 0) is 36.6 Å². The summed E-state index contributed by atoms with van der Waals surface area (Å²) in [4.78, 5) is 12.2. The molecule has 1 saturated heterocycles. The highest BCUT2D eigenvalue weighted by Gasteiger charge is 2.40. The third-order valence-corrected chi connectivity index (χ3v) is 6.81. The Hall–Kier alpha value is -2.00. The molecule has 0 radical (unpaired) electrons. The largest absolute Gasteiger partial charge is 0.497 e. The van der Waals surface area contributed by atoms with Crippen LogP contribution in [0.25, 0.3) is 11.1 Å². The summed E-state index contributed by atoms with van der Waals surface area (Å²) in [6.07, 6.45) is 0.712. The second-order valence-electron chi connectivity index (χ2n) is 6.88. The SMILES string of the molecule is COc1ccc(-c2ccc(CNC3(C(=O)NO)CCS(=O)CC3)cc2Cl)c(F)c1. The van der Waals surface area contributed by atoms with E-state index in [-0.39, 0.29) is 0 Å². The van der Waals surface area contributed by atoms with Gasteiger partial charge in [-0.25, -0.2) is 9.87 Å². The predicted molar refractivity (Wildman–Crippen MR) is 110 cm³/mol. The van der Waals surface area contributed by atoms with Gasteiger partial charge in [0.1, 0.15) is 17.1 Å². The second-order valence-corrected chi connectivity index (χ2v) is 8.99. The van der Waals surface area contributed by atoms with Crippen molar-refractivity contribution in [3.05, 3.63) is 52.8 Å². The highest BCUT2D eigenvalue weighted by atomic mass is 35.5. The van der Waals surface area contributed by atoms with Crippen LogP contribution in [0.4, 0.5) is 4.39 Å². The minimum atomic E-state index is -0.990. The van der Waals surface area contributed by atoms with Crippen molar-refractivity contribution in [3.63, 3.8) is 0 Å². The van der Waals surface area contributed by atoms with Crippen molar-refractivity contribution >= 4 is 28.3 Å². The Morgan fingerprint density at radius 1 is 1.24 bits per heavy atom. The molecule has 0 aromatic heterocycles. The second kappa shape index (κ2) is 9.21. The Balaban J connectivity index is 1.78. The van der Waals surface area contributed by atoms with Crippen LogP contribution >= 0.6 is 11.6 Å². The normalized spacial score (nSPS) is 21.6. The van der Waals surface area contributed by atoms with E-state index in [9.17, 15) is 13.4 Å². The molecular formula is C20H22ClFN2O4S. The van der Waals surface area contributed by atoms with Gasteiger partial charge in [-0.3, -0.25) is 19.5 Å². The van der Waals surface area contributed by atoms with Crippen LogP contribution < -0.4 is 15.5 Å². The molecule has 29 heavy (non-hydrogen) atoms. The van der Waals surface area contributed by atoms with E-state index in [0.29, 0.717) is 52.8 Å². The summed E-state index contributed by atoms with van der Waals surface area (Å²) < 4.78 is 31.0. The number of hydroxylamine groups is 1. The zero-order valence-electron chi connectivity index (χ0n) is 15.8. The number of hydrogen-bond donors (Lipinski definition) is 3. The first-order valence-corrected chi connectivity index (χ1v) is 10.9. The first kappa shape index (κ1) is 21.7. The number of halogens is 2. The molecule has 2 aromatic rings. The Bertz CT molecular complexity index is 931. The smallest absolute Gasteiger partial charge is 0.263 e. The van der Waals surface area contributed by atoms with E-state index in [4.69, 9.17) is 21.5 Å². The van der Waals surface area contributed by atoms with Crippen molar-refractivity contribution in [2.24, 2.45) is 0 Å². The van der Waals surface area contributed by atoms with Crippen LogP contribution in [0.5, 0.6) is 5.75 Å². The van der Waals surface area contributed by atoms with Gasteiger partial charge in [-0.15, -0.1) is 0 Å². The van der Waals surface area contributed by atoms with E-state index in [1.165, 1.54) is 13.2 Å². The van der Waals surface area contributed by atoms with E-state index in [2.05, 4.69) is 5.32 Å². The highest BCUT2D eigenvalue weighted by Crippen LogP contribution is 2.33. The van der Waals surface area contributed by atoms with Crippen molar-refractivity contribution in [2.45, 2.75) is 24.9 Å². The van der Waals surface area contributed by atoms with Crippen molar-refractivity contribution in [3.8, 4) is 16.9 Å². The monoisotopic (exact) mass is 440 g/mol. The molecule has 2 aromatic carbocycles. The number of benzene rings is 2. The number of ether oxygens (including phenoxy) is 1. The molecule has 3 rings (SSSR count). The minimum absolute atomic E-state index is 0.311. The Kier molecular flexibility index (Phi) is 6.89. The Morgan fingerprint density at radius 3 is 2.52 bits per heavy atom. The van der Waals surface area contributed by atoms with Gasteiger partial charge in [0.25, 0.3) is 5.91 Å². The zero-order chi connectivity index (χ0) is 21.0. The molecule has 1 heterocycles. The fourth-order valence-corrected chi connectivity index (χ4v) is 5.06. The number of amides is 1. The fraction of sp³-hybridized carbons (Fsp3) is 0.350. The van der Waals surface area contributed by atoms with E-state index in [1.54, 1.807) is 35.8 Å². The van der Waals surface area contributed by atoms with Gasteiger partial charge in [-0.2, -0.15) is 0 Å². The predicted octanol–water partition coefficient (Wildman–Crippen LogP) is 3.03. The lowest BCUT2D eigenvalue weighted by Gasteiger charge is -2.35. The van der Waals surface area contributed by atoms with Crippen molar-refractivity contribution in [2.75, 3.05) is 18.6 Å². The van der Waals surface area contributed by atoms with Gasteiger partial charge in [0.15, 0.2) is 0 Å². The van der Waals surface area contributed by atoms with Crippen LogP contribution in [-0.2, 0) is 22.1 Å². The number of methoxy groups -OCH3 is 1. The Morgan fingerprint density at radius 2 is 1.93 bits per heavy atom. The maximum Gasteiger partial charge on any atom is 0.263 e. The molecular weight excluding hydrogens is 419 g/mol. The molecule has 0 bridgehead atoms. The van der Waals surface area contributed by atoms with E-state index < -0.39 is 28.1 Å². The van der Waals surface area contributed by atoms with Crippen LogP contribution in [0.1, 0.15) is 18.4 Å². The molecule has 0 saturated carbocycles. The van der Waals surface area contributed by atoms with Gasteiger partial charge in [0, 0.05) is 51.1 Å². The first-order chi connectivity index (χ1) is 13.9. The molecule has 1 amide bonds. The minimum Gasteiger partial charge on any atom is -0.497 e. The lowest BCUT2D eigenvalue weighted by molar-refractivity contribution is -0.136. The lowest BCUT2D eigenvalue weighted by atomic mass is 9.91. The van der Waals surface area contributed by atoms with E-state index in [0.717, 1.165) is 5.56 Å². The lowest BCUT2D eigenvalue weighted by Crippen LogP contribution is -2.59. The molecule has 0 unspecified atom stereocenters. The molecule has 1 fully saturated rings. The first-order valence-electron chi connectivity index (χ1n) is 9.05. The molecule has 3 N–H and O–H groups in total. The molecule has 0 spiro atoms. The summed E-state index contributed by atoms with van der Waals surface area (Å²) in [6, 6.07) is 9.79. The third kappa shape index (κ3) is 4.78. The van der Waals surface area contributed by atoms with Crippen LogP contribution in [-0.4, -0.2) is 39.5 Å². The third-order valence-electron chi connectivity index (χ3n) is 5.18. The Labute approximate surface area is 175 Å². The van der Waals surface area contributed by atoms with Crippen molar-refractivity contribution in [1.82, 2.24) is 10.8 Å². The highest BCUT2D eigenvalue weighted by molar-refractivity contribution is 7.85. The molecule has 0 aliphatic carbocycles. The number of rotatable bonds is 6. The molecule has 0 atom stereocenters. The summed E-state index contributed by atoms with van der Waals surface area (Å²) in [5, 5.41) is 12.7. The van der Waals surface area contributed by atoms with Gasteiger partial charge in [0.2, 0.25) is 0 Å². The molecule has 9 heteroatoms. The van der Waals surface area contributed by atoms with Crippen LogP contribution in [0, 0.1) is 5.82 Å². The van der Waals surface area contributed by atoms with Gasteiger partial charge < -0.3 is 4.74 Å². The summed E-state index contributed by atoms with van der Waals surface area (Å²) in [5.74, 6) is 0.209. The summed E-state index contributed by atoms with van der Waals surface area (Å²) >= 11 is 6.39. The summed E-state index contributed by atoms with van der Waals surface area (Å²) in [5.41, 5.74) is 2.42. The zero-order valence-corrected chi connectivity index (χ0v) is 17.4. The van der Waals surface area contributed by atoms with Gasteiger partial charge in [-0.1, -0.05) is 23.7 Å². The molecule has 6 nitrogen and oxygen atoms in total. The van der Waals surface area contributed by atoms with E-state index in [1.807, 2.05) is 0 Å². The number of carbonyl (C=O) groups is 1. The average molecular weight is 441 g/mol. The van der Waals surface area contributed by atoms with Crippen molar-refractivity contribution < 1.29 is 23.3 Å². The maximum atomic E-state index is 14.4. The molecule has 1 aliphatic heterocycles. The number of hydrogen-bond acceptors (Lipinski definition) is 5. The summed E-state index contributed by atoms with van der Waals surface area (Å²) in [6.45, 7) is 0.311. The molecule has 156 valence electrons. The maximum absolute atomic E-state index is 14.4. The number of nitrogens with one attached hydrogen (secondary N) is 2. The van der Waals surface area contributed by atoms with Gasteiger partial charge >= 0.3 is 0 Å². The van der Waals surface area contributed by atoms with E-state index >= 15 is 0 Å². The quantitative estimate of drug-likeness (QED) is 0.474. The standard InChI is InChI=1S/C20H22ClFN2O4S/c1-28-14-3-5-16(18(22)11-14)15-4-2-13(10-17(15)21)12-23-20(19(25)24-26)6-8-29(27)9-7-20/h2-5,10-11,23,26H,6-9,12H2,1H3,(H,24,25). The number of carbonyl (C=O) groups excluding carboxylic acids is 1.